The smallest absolute Gasteiger partial charge is 0.333 e. The molecule has 0 aliphatic rings. The lowest BCUT2D eigenvalue weighted by atomic mass is 9.92. The van der Waals surface area contributed by atoms with Crippen molar-refractivity contribution in [3.8, 4) is 0 Å². The Bertz CT molecular complexity index is 332. The number of hydrogen-bond acceptors (Lipinski definition) is 6. The molecule has 1 atom stereocenters. The summed E-state index contributed by atoms with van der Waals surface area (Å²) in [5, 5.41) is 28.1. The van der Waals surface area contributed by atoms with E-state index in [1.165, 1.54) is 6.92 Å². The van der Waals surface area contributed by atoms with Crippen LogP contribution in [0.5, 0.6) is 0 Å². The Morgan fingerprint density at radius 3 is 2.11 bits per heavy atom. The van der Waals surface area contributed by atoms with Gasteiger partial charge in [0.1, 0.15) is 6.61 Å². The summed E-state index contributed by atoms with van der Waals surface area (Å²) in [6.07, 6.45) is -1.20. The van der Waals surface area contributed by atoms with Gasteiger partial charge >= 0.3 is 5.97 Å². The largest absolute Gasteiger partial charge is 0.461 e. The highest BCUT2D eigenvalue weighted by Gasteiger charge is 2.32. The molecular weight excluding hydrogens is 252 g/mol. The first-order chi connectivity index (χ1) is 8.78. The lowest BCUT2D eigenvalue weighted by molar-refractivity contribution is -0.157. The third kappa shape index (κ3) is 5.98. The molecule has 0 bridgehead atoms. The van der Waals surface area contributed by atoms with Crippen LogP contribution < -0.4 is 0 Å². The predicted molar refractivity (Wildman–Crippen MR) is 69.2 cm³/mol. The number of carbonyl (C=O) groups is 1. The highest BCUT2D eigenvalue weighted by Crippen LogP contribution is 2.19. The maximum atomic E-state index is 11.3. The standard InChI is InChI=1S/C13H22O6/c1-9(2)11(16)18-7-13(5-14,6-15)8-19-12(17)10(3)4/h11,14-16H,1,3,5-8H2,2,4H3. The summed E-state index contributed by atoms with van der Waals surface area (Å²) in [4.78, 5) is 11.3. The van der Waals surface area contributed by atoms with Gasteiger partial charge in [-0.05, 0) is 19.4 Å². The number of esters is 1. The van der Waals surface area contributed by atoms with Crippen molar-refractivity contribution in [3.63, 3.8) is 0 Å². The van der Waals surface area contributed by atoms with Gasteiger partial charge in [-0.1, -0.05) is 13.2 Å². The first-order valence-electron chi connectivity index (χ1n) is 5.77. The molecule has 0 aliphatic heterocycles. The van der Waals surface area contributed by atoms with Crippen LogP contribution in [-0.4, -0.2) is 54.0 Å². The van der Waals surface area contributed by atoms with E-state index in [1.807, 2.05) is 0 Å². The molecule has 0 spiro atoms. The van der Waals surface area contributed by atoms with Crippen molar-refractivity contribution in [3.05, 3.63) is 24.3 Å². The summed E-state index contributed by atoms with van der Waals surface area (Å²) in [6, 6.07) is 0. The molecule has 6 heteroatoms. The van der Waals surface area contributed by atoms with Gasteiger partial charge in [0.2, 0.25) is 0 Å². The molecule has 3 N–H and O–H groups in total. The summed E-state index contributed by atoms with van der Waals surface area (Å²) < 4.78 is 9.97. The van der Waals surface area contributed by atoms with Crippen LogP contribution in [0.25, 0.3) is 0 Å². The molecule has 0 fully saturated rings. The van der Waals surface area contributed by atoms with Crippen LogP contribution in [0.15, 0.2) is 24.3 Å². The van der Waals surface area contributed by atoms with Gasteiger partial charge in [-0.25, -0.2) is 4.79 Å². The number of carbonyl (C=O) groups excluding carboxylic acids is 1. The maximum Gasteiger partial charge on any atom is 0.333 e. The minimum Gasteiger partial charge on any atom is -0.461 e. The van der Waals surface area contributed by atoms with E-state index in [-0.39, 0.29) is 18.8 Å². The molecule has 19 heavy (non-hydrogen) atoms. The zero-order valence-electron chi connectivity index (χ0n) is 11.4. The molecule has 0 radical (unpaired) electrons. The Morgan fingerprint density at radius 1 is 1.21 bits per heavy atom. The predicted octanol–water partition coefficient (Wildman–Crippen LogP) is -0.0122. The van der Waals surface area contributed by atoms with Gasteiger partial charge in [0, 0.05) is 5.57 Å². The van der Waals surface area contributed by atoms with Gasteiger partial charge in [0.25, 0.3) is 0 Å². The molecule has 0 aromatic rings. The first kappa shape index (κ1) is 17.8. The Hall–Kier alpha value is -1.21. The van der Waals surface area contributed by atoms with Crippen molar-refractivity contribution < 1.29 is 29.6 Å². The average molecular weight is 274 g/mol. The second kappa shape index (κ2) is 8.06. The average Bonchev–Trinajstić information content (AvgIpc) is 2.38. The molecule has 110 valence electrons. The van der Waals surface area contributed by atoms with E-state index in [9.17, 15) is 20.1 Å². The minimum atomic E-state index is -1.20. The van der Waals surface area contributed by atoms with Gasteiger partial charge in [0.15, 0.2) is 6.29 Å². The van der Waals surface area contributed by atoms with Crippen molar-refractivity contribution >= 4 is 5.97 Å². The van der Waals surface area contributed by atoms with Crippen LogP contribution in [0.1, 0.15) is 13.8 Å². The third-order valence-electron chi connectivity index (χ3n) is 2.50. The van der Waals surface area contributed by atoms with Crippen LogP contribution in [0.2, 0.25) is 0 Å². The van der Waals surface area contributed by atoms with Crippen LogP contribution >= 0.6 is 0 Å². The Kier molecular flexibility index (Phi) is 7.55. The summed E-state index contributed by atoms with van der Waals surface area (Å²) >= 11 is 0. The second-order valence-corrected chi connectivity index (χ2v) is 4.68. The fraction of sp³-hybridized carbons (Fsp3) is 0.615. The summed E-state index contributed by atoms with van der Waals surface area (Å²) in [6.45, 7) is 8.64. The highest BCUT2D eigenvalue weighted by molar-refractivity contribution is 5.86. The van der Waals surface area contributed by atoms with Crippen LogP contribution in [-0.2, 0) is 14.3 Å². The lowest BCUT2D eigenvalue weighted by Crippen LogP contribution is -2.41. The number of hydrogen-bond donors (Lipinski definition) is 3. The normalized spacial score (nSPS) is 12.9. The summed E-state index contributed by atoms with van der Waals surface area (Å²) in [5.41, 5.74) is -0.571. The first-order valence-corrected chi connectivity index (χ1v) is 5.77. The fourth-order valence-electron chi connectivity index (χ4n) is 1.01. The monoisotopic (exact) mass is 274 g/mol. The zero-order valence-corrected chi connectivity index (χ0v) is 11.4. The molecule has 0 saturated heterocycles. The van der Waals surface area contributed by atoms with Crippen LogP contribution in [0.3, 0.4) is 0 Å². The third-order valence-corrected chi connectivity index (χ3v) is 2.50. The molecule has 0 aromatic carbocycles. The quantitative estimate of drug-likeness (QED) is 0.237. The van der Waals surface area contributed by atoms with Crippen molar-refractivity contribution in [2.75, 3.05) is 26.4 Å². The molecule has 6 nitrogen and oxygen atoms in total. The molecule has 0 amide bonds. The number of ether oxygens (including phenoxy) is 2. The molecule has 0 saturated carbocycles. The summed E-state index contributed by atoms with van der Waals surface area (Å²) in [5.74, 6) is -0.619. The molecule has 0 aliphatic carbocycles. The van der Waals surface area contributed by atoms with Gasteiger partial charge in [-0.3, -0.25) is 0 Å². The van der Waals surface area contributed by atoms with Crippen LogP contribution in [0, 0.1) is 5.41 Å². The lowest BCUT2D eigenvalue weighted by Gasteiger charge is -2.30. The number of rotatable bonds is 9. The number of aliphatic hydroxyl groups is 3. The zero-order chi connectivity index (χ0) is 15.1. The van der Waals surface area contributed by atoms with E-state index in [0.717, 1.165) is 0 Å². The molecule has 0 heterocycles. The highest BCUT2D eigenvalue weighted by atomic mass is 16.6. The molecule has 0 rings (SSSR count). The van der Waals surface area contributed by atoms with E-state index < -0.39 is 30.9 Å². The Labute approximate surface area is 113 Å². The fourth-order valence-corrected chi connectivity index (χ4v) is 1.01. The second-order valence-electron chi connectivity index (χ2n) is 4.68. The molecule has 0 aromatic heterocycles. The SMILES string of the molecule is C=C(C)C(=O)OCC(CO)(CO)COC(O)C(=C)C. The van der Waals surface area contributed by atoms with E-state index in [4.69, 9.17) is 9.47 Å². The van der Waals surface area contributed by atoms with Crippen LogP contribution in [0.4, 0.5) is 0 Å². The van der Waals surface area contributed by atoms with Gasteiger partial charge in [0.05, 0.1) is 25.2 Å². The van der Waals surface area contributed by atoms with E-state index >= 15 is 0 Å². The Morgan fingerprint density at radius 2 is 1.74 bits per heavy atom. The van der Waals surface area contributed by atoms with Crippen molar-refractivity contribution in [1.29, 1.82) is 0 Å². The molecule has 1 unspecified atom stereocenters. The van der Waals surface area contributed by atoms with Crippen molar-refractivity contribution in [1.82, 2.24) is 0 Å². The van der Waals surface area contributed by atoms with Crippen molar-refractivity contribution in [2.24, 2.45) is 5.41 Å². The number of aliphatic hydroxyl groups excluding tert-OH is 3. The topological polar surface area (TPSA) is 96.2 Å². The molecular formula is C13H22O6. The Balaban J connectivity index is 4.53. The minimum absolute atomic E-state index is 0.183. The van der Waals surface area contributed by atoms with Crippen molar-refractivity contribution in [2.45, 2.75) is 20.1 Å². The van der Waals surface area contributed by atoms with Gasteiger partial charge < -0.3 is 24.8 Å². The maximum absolute atomic E-state index is 11.3. The van der Waals surface area contributed by atoms with E-state index in [2.05, 4.69) is 13.2 Å². The van der Waals surface area contributed by atoms with E-state index in [0.29, 0.717) is 5.57 Å². The van der Waals surface area contributed by atoms with Gasteiger partial charge in [-0.15, -0.1) is 0 Å². The van der Waals surface area contributed by atoms with E-state index in [1.54, 1.807) is 6.92 Å². The van der Waals surface area contributed by atoms with Gasteiger partial charge in [-0.2, -0.15) is 0 Å². The summed E-state index contributed by atoms with van der Waals surface area (Å²) in [7, 11) is 0.